The molecule has 1 aromatic heterocycles. The van der Waals surface area contributed by atoms with Crippen LogP contribution < -0.4 is 11.1 Å². The van der Waals surface area contributed by atoms with Crippen molar-refractivity contribution in [2.45, 2.75) is 6.54 Å². The number of halogens is 2. The molecule has 1 heterocycles. The van der Waals surface area contributed by atoms with E-state index in [-0.39, 0.29) is 23.9 Å². The van der Waals surface area contributed by atoms with E-state index in [1.807, 2.05) is 0 Å². The molecule has 0 saturated heterocycles. The van der Waals surface area contributed by atoms with Crippen LogP contribution in [0.2, 0.25) is 0 Å². The molecule has 0 aliphatic rings. The highest BCUT2D eigenvalue weighted by Crippen LogP contribution is 2.20. The molecule has 0 saturated carbocycles. The van der Waals surface area contributed by atoms with E-state index in [4.69, 9.17) is 11.1 Å². The highest BCUT2D eigenvalue weighted by molar-refractivity contribution is 9.10. The van der Waals surface area contributed by atoms with Crippen molar-refractivity contribution < 1.29 is 9.02 Å². The zero-order chi connectivity index (χ0) is 13.1. The Balaban J connectivity index is 2.19. The number of nitrogens with two attached hydrogens (primary N) is 1. The molecule has 0 fully saturated rings. The molecule has 0 atom stereocenters. The summed E-state index contributed by atoms with van der Waals surface area (Å²) in [6.07, 6.45) is 0. The van der Waals surface area contributed by atoms with Crippen LogP contribution in [0.5, 0.6) is 0 Å². The molecule has 0 aliphatic heterocycles. The van der Waals surface area contributed by atoms with E-state index >= 15 is 0 Å². The number of anilines is 1. The minimum absolute atomic E-state index is 0.0183. The van der Waals surface area contributed by atoms with Gasteiger partial charge in [0, 0.05) is 12.2 Å². The standard InChI is InChI=1S/C10H9BrFN5O/c11-6-3-5(1-2-7(6)12)15-10(14)9-8(4-13)16-18-17-9/h1-3H,4,13H2,(H2,14,15). The molecule has 0 radical (unpaired) electrons. The summed E-state index contributed by atoms with van der Waals surface area (Å²) in [4.78, 5) is 0. The van der Waals surface area contributed by atoms with Gasteiger partial charge in [-0.3, -0.25) is 5.41 Å². The third-order valence-corrected chi connectivity index (χ3v) is 2.78. The predicted octanol–water partition coefficient (Wildman–Crippen LogP) is 1.87. The molecule has 8 heteroatoms. The van der Waals surface area contributed by atoms with Crippen LogP contribution in [-0.4, -0.2) is 16.1 Å². The first kappa shape index (κ1) is 12.7. The summed E-state index contributed by atoms with van der Waals surface area (Å²) in [6, 6.07) is 4.30. The monoisotopic (exact) mass is 313 g/mol. The third kappa shape index (κ3) is 2.54. The maximum Gasteiger partial charge on any atom is 0.174 e. The molecule has 2 aromatic rings. The predicted molar refractivity (Wildman–Crippen MR) is 66.7 cm³/mol. The summed E-state index contributed by atoms with van der Waals surface area (Å²) in [7, 11) is 0. The summed E-state index contributed by atoms with van der Waals surface area (Å²) in [5, 5.41) is 17.7. The molecule has 0 unspecified atom stereocenters. The van der Waals surface area contributed by atoms with Crippen LogP contribution in [0.15, 0.2) is 27.3 Å². The van der Waals surface area contributed by atoms with Crippen LogP contribution in [-0.2, 0) is 6.54 Å². The lowest BCUT2D eigenvalue weighted by Gasteiger charge is -2.06. The Morgan fingerprint density at radius 3 is 2.94 bits per heavy atom. The van der Waals surface area contributed by atoms with Crippen molar-refractivity contribution in [3.8, 4) is 0 Å². The molecule has 94 valence electrons. The smallest absolute Gasteiger partial charge is 0.174 e. The van der Waals surface area contributed by atoms with Gasteiger partial charge >= 0.3 is 0 Å². The van der Waals surface area contributed by atoms with E-state index < -0.39 is 0 Å². The lowest BCUT2D eigenvalue weighted by molar-refractivity contribution is 0.302. The summed E-state index contributed by atoms with van der Waals surface area (Å²) in [5.74, 6) is -0.395. The lowest BCUT2D eigenvalue weighted by Crippen LogP contribution is -2.16. The number of hydrogen-bond acceptors (Lipinski definition) is 5. The number of nitrogens with zero attached hydrogens (tertiary/aromatic N) is 2. The second-order valence-electron chi connectivity index (χ2n) is 3.39. The number of hydrogen-bond donors (Lipinski definition) is 3. The number of benzene rings is 1. The van der Waals surface area contributed by atoms with Crippen LogP contribution in [0.25, 0.3) is 0 Å². The van der Waals surface area contributed by atoms with Gasteiger partial charge in [-0.1, -0.05) is 5.16 Å². The van der Waals surface area contributed by atoms with Crippen molar-refractivity contribution in [3.63, 3.8) is 0 Å². The SMILES string of the molecule is N=C(Nc1ccc(F)c(Br)c1)c1nonc1CN. The van der Waals surface area contributed by atoms with Gasteiger partial charge in [-0.25, -0.2) is 9.02 Å². The normalized spacial score (nSPS) is 10.4. The fourth-order valence-electron chi connectivity index (χ4n) is 1.31. The van der Waals surface area contributed by atoms with E-state index in [1.54, 1.807) is 0 Å². The molecular formula is C10H9BrFN5O. The van der Waals surface area contributed by atoms with E-state index in [9.17, 15) is 4.39 Å². The molecular weight excluding hydrogens is 305 g/mol. The molecule has 1 aromatic carbocycles. The molecule has 0 amide bonds. The van der Waals surface area contributed by atoms with Crippen LogP contribution >= 0.6 is 15.9 Å². The average Bonchev–Trinajstić information content (AvgIpc) is 2.82. The van der Waals surface area contributed by atoms with Gasteiger partial charge in [0.1, 0.15) is 11.5 Å². The Morgan fingerprint density at radius 2 is 2.28 bits per heavy atom. The van der Waals surface area contributed by atoms with Crippen molar-refractivity contribution in [1.29, 1.82) is 5.41 Å². The van der Waals surface area contributed by atoms with E-state index in [0.717, 1.165) is 0 Å². The molecule has 0 spiro atoms. The fourth-order valence-corrected chi connectivity index (χ4v) is 1.69. The first-order valence-electron chi connectivity index (χ1n) is 4.94. The van der Waals surface area contributed by atoms with Crippen LogP contribution in [0.1, 0.15) is 11.4 Å². The van der Waals surface area contributed by atoms with Crippen LogP contribution in [0.3, 0.4) is 0 Å². The van der Waals surface area contributed by atoms with E-state index in [1.165, 1.54) is 18.2 Å². The molecule has 18 heavy (non-hydrogen) atoms. The lowest BCUT2D eigenvalue weighted by atomic mass is 10.2. The largest absolute Gasteiger partial charge is 0.339 e. The van der Waals surface area contributed by atoms with Crippen molar-refractivity contribution >= 4 is 27.5 Å². The Bertz CT molecular complexity index is 585. The number of aromatic nitrogens is 2. The number of nitrogens with one attached hydrogen (secondary N) is 2. The zero-order valence-electron chi connectivity index (χ0n) is 9.08. The second kappa shape index (κ2) is 5.23. The summed E-state index contributed by atoms with van der Waals surface area (Å²) in [5.41, 5.74) is 6.58. The Labute approximate surface area is 110 Å². The third-order valence-electron chi connectivity index (χ3n) is 2.18. The summed E-state index contributed by atoms with van der Waals surface area (Å²) < 4.78 is 17.9. The van der Waals surface area contributed by atoms with Gasteiger partial charge in [0.05, 0.1) is 4.47 Å². The van der Waals surface area contributed by atoms with Gasteiger partial charge in [0.15, 0.2) is 11.5 Å². The molecule has 2 rings (SSSR count). The number of amidine groups is 1. The Morgan fingerprint density at radius 1 is 1.50 bits per heavy atom. The topological polar surface area (TPSA) is 101 Å². The minimum atomic E-state index is -0.377. The summed E-state index contributed by atoms with van der Waals surface area (Å²) in [6.45, 7) is 0.121. The first-order chi connectivity index (χ1) is 8.61. The van der Waals surface area contributed by atoms with E-state index in [0.29, 0.717) is 15.9 Å². The van der Waals surface area contributed by atoms with Gasteiger partial charge in [0.25, 0.3) is 0 Å². The van der Waals surface area contributed by atoms with Crippen molar-refractivity contribution in [2.24, 2.45) is 5.73 Å². The highest BCUT2D eigenvalue weighted by atomic mass is 79.9. The minimum Gasteiger partial charge on any atom is -0.339 e. The Kier molecular flexibility index (Phi) is 3.68. The zero-order valence-corrected chi connectivity index (χ0v) is 10.7. The first-order valence-corrected chi connectivity index (χ1v) is 5.73. The summed E-state index contributed by atoms with van der Waals surface area (Å²) >= 11 is 3.06. The van der Waals surface area contributed by atoms with Gasteiger partial charge in [-0.05, 0) is 39.3 Å². The Hall–Kier alpha value is -1.80. The maximum absolute atomic E-state index is 13.0. The van der Waals surface area contributed by atoms with Gasteiger partial charge in [-0.2, -0.15) is 0 Å². The van der Waals surface area contributed by atoms with Crippen molar-refractivity contribution in [3.05, 3.63) is 39.9 Å². The van der Waals surface area contributed by atoms with Crippen molar-refractivity contribution in [2.75, 3.05) is 5.32 Å². The molecule has 6 nitrogen and oxygen atoms in total. The van der Waals surface area contributed by atoms with E-state index in [2.05, 4.69) is 36.2 Å². The quantitative estimate of drug-likeness (QED) is 0.593. The van der Waals surface area contributed by atoms with Crippen LogP contribution in [0.4, 0.5) is 10.1 Å². The van der Waals surface area contributed by atoms with Gasteiger partial charge < -0.3 is 11.1 Å². The number of rotatable bonds is 3. The molecule has 0 aliphatic carbocycles. The van der Waals surface area contributed by atoms with Gasteiger partial charge in [-0.15, -0.1) is 0 Å². The highest BCUT2D eigenvalue weighted by Gasteiger charge is 2.14. The molecule has 4 N–H and O–H groups in total. The second-order valence-corrected chi connectivity index (χ2v) is 4.25. The maximum atomic E-state index is 13.0. The average molecular weight is 314 g/mol. The molecule has 0 bridgehead atoms. The fraction of sp³-hybridized carbons (Fsp3) is 0.100. The van der Waals surface area contributed by atoms with Crippen molar-refractivity contribution in [1.82, 2.24) is 10.3 Å². The van der Waals surface area contributed by atoms with Crippen LogP contribution in [0, 0.1) is 11.2 Å². The van der Waals surface area contributed by atoms with Gasteiger partial charge in [0.2, 0.25) is 0 Å².